The monoisotopic (exact) mass is 376 g/mol. The van der Waals surface area contributed by atoms with Gasteiger partial charge in [-0.25, -0.2) is 5.43 Å². The van der Waals surface area contributed by atoms with Gasteiger partial charge in [0.2, 0.25) is 0 Å². The SMILES string of the molecule is Cc1ccccc1COc1cccc(/C=N\NC(=O)c2cc(O)ccc2O)c1. The molecule has 6 heteroatoms. The highest BCUT2D eigenvalue weighted by atomic mass is 16.5. The first kappa shape index (κ1) is 19.0. The summed E-state index contributed by atoms with van der Waals surface area (Å²) in [5.74, 6) is -0.303. The van der Waals surface area contributed by atoms with Crippen LogP contribution in [0.3, 0.4) is 0 Å². The number of carbonyl (C=O) groups is 1. The lowest BCUT2D eigenvalue weighted by molar-refractivity contribution is 0.0952. The van der Waals surface area contributed by atoms with Gasteiger partial charge >= 0.3 is 0 Å². The number of aromatic hydroxyl groups is 2. The molecule has 0 saturated carbocycles. The van der Waals surface area contributed by atoms with Crippen LogP contribution in [0.15, 0.2) is 71.8 Å². The van der Waals surface area contributed by atoms with Crippen molar-refractivity contribution in [3.8, 4) is 17.2 Å². The van der Waals surface area contributed by atoms with E-state index in [1.54, 1.807) is 6.07 Å². The molecule has 28 heavy (non-hydrogen) atoms. The van der Waals surface area contributed by atoms with Gasteiger partial charge in [0.05, 0.1) is 11.8 Å². The third-order valence-corrected chi connectivity index (χ3v) is 4.12. The van der Waals surface area contributed by atoms with Crippen LogP contribution in [0.1, 0.15) is 27.0 Å². The van der Waals surface area contributed by atoms with E-state index in [0.29, 0.717) is 12.4 Å². The Hall–Kier alpha value is -3.80. The molecule has 0 atom stereocenters. The third-order valence-electron chi connectivity index (χ3n) is 4.12. The Balaban J connectivity index is 1.61. The molecule has 0 aliphatic rings. The van der Waals surface area contributed by atoms with Crippen molar-refractivity contribution in [1.29, 1.82) is 0 Å². The van der Waals surface area contributed by atoms with E-state index in [2.05, 4.69) is 10.5 Å². The van der Waals surface area contributed by atoms with Crippen LogP contribution in [0.4, 0.5) is 0 Å². The summed E-state index contributed by atoms with van der Waals surface area (Å²) in [6, 6.07) is 19.0. The average molecular weight is 376 g/mol. The summed E-state index contributed by atoms with van der Waals surface area (Å²) in [5, 5.41) is 23.0. The van der Waals surface area contributed by atoms with E-state index in [1.807, 2.05) is 49.4 Å². The lowest BCUT2D eigenvalue weighted by atomic mass is 10.1. The Bertz CT molecular complexity index is 1010. The molecule has 3 aromatic carbocycles. The molecule has 0 spiro atoms. The molecule has 6 nitrogen and oxygen atoms in total. The van der Waals surface area contributed by atoms with Crippen LogP contribution < -0.4 is 10.2 Å². The van der Waals surface area contributed by atoms with Crippen molar-refractivity contribution < 1.29 is 19.7 Å². The number of nitrogens with zero attached hydrogens (tertiary/aromatic N) is 1. The van der Waals surface area contributed by atoms with Crippen LogP contribution in [0.5, 0.6) is 17.2 Å². The minimum absolute atomic E-state index is 0.0625. The molecule has 0 saturated heterocycles. The van der Waals surface area contributed by atoms with Crippen molar-refractivity contribution in [1.82, 2.24) is 5.43 Å². The molecule has 3 rings (SSSR count). The molecule has 3 N–H and O–H groups in total. The number of nitrogens with one attached hydrogen (secondary N) is 1. The van der Waals surface area contributed by atoms with Crippen LogP contribution in [-0.4, -0.2) is 22.3 Å². The summed E-state index contributed by atoms with van der Waals surface area (Å²) in [6.07, 6.45) is 1.47. The third kappa shape index (κ3) is 4.88. The fourth-order valence-electron chi connectivity index (χ4n) is 2.55. The number of hydrogen-bond donors (Lipinski definition) is 3. The Kier molecular flexibility index (Phi) is 5.91. The minimum Gasteiger partial charge on any atom is -0.508 e. The molecule has 0 unspecified atom stereocenters. The number of rotatable bonds is 6. The van der Waals surface area contributed by atoms with E-state index < -0.39 is 5.91 Å². The summed E-state index contributed by atoms with van der Waals surface area (Å²) in [7, 11) is 0. The van der Waals surface area contributed by atoms with Crippen LogP contribution in [0.2, 0.25) is 0 Å². The van der Waals surface area contributed by atoms with Crippen LogP contribution in [0, 0.1) is 6.92 Å². The topological polar surface area (TPSA) is 91.2 Å². The predicted molar refractivity (Wildman–Crippen MR) is 107 cm³/mol. The molecule has 3 aromatic rings. The first-order valence-corrected chi connectivity index (χ1v) is 8.65. The zero-order chi connectivity index (χ0) is 19.9. The standard InChI is InChI=1S/C22H20N2O4/c1-15-5-2-3-7-17(15)14-28-19-8-4-6-16(11-19)13-23-24-22(27)20-12-18(25)9-10-21(20)26/h2-13,25-26H,14H2,1H3,(H,24,27)/b23-13-. The average Bonchev–Trinajstić information content (AvgIpc) is 2.69. The molecule has 0 fully saturated rings. The van der Waals surface area contributed by atoms with E-state index in [9.17, 15) is 15.0 Å². The largest absolute Gasteiger partial charge is 0.508 e. The molecule has 1 amide bonds. The van der Waals surface area contributed by atoms with Gasteiger partial charge in [0.15, 0.2) is 0 Å². The number of phenols is 2. The Morgan fingerprint density at radius 3 is 2.71 bits per heavy atom. The van der Waals surface area contributed by atoms with E-state index in [1.165, 1.54) is 24.4 Å². The van der Waals surface area contributed by atoms with Crippen molar-refractivity contribution in [2.75, 3.05) is 0 Å². The first-order chi connectivity index (χ1) is 13.5. The van der Waals surface area contributed by atoms with Crippen molar-refractivity contribution >= 4 is 12.1 Å². The Morgan fingerprint density at radius 1 is 1.07 bits per heavy atom. The lowest BCUT2D eigenvalue weighted by Gasteiger charge is -2.09. The van der Waals surface area contributed by atoms with Crippen LogP contribution >= 0.6 is 0 Å². The van der Waals surface area contributed by atoms with Gasteiger partial charge in [0.1, 0.15) is 23.9 Å². The van der Waals surface area contributed by atoms with Gasteiger partial charge in [0, 0.05) is 0 Å². The number of benzene rings is 3. The Labute approximate surface area is 162 Å². The molecule has 0 bridgehead atoms. The molecule has 0 aliphatic heterocycles. The highest BCUT2D eigenvalue weighted by Gasteiger charge is 2.11. The number of amides is 1. The second-order valence-corrected chi connectivity index (χ2v) is 6.19. The number of hydrogen-bond acceptors (Lipinski definition) is 5. The van der Waals surface area contributed by atoms with E-state index in [-0.39, 0.29) is 17.1 Å². The van der Waals surface area contributed by atoms with Gasteiger partial charge in [-0.05, 0) is 53.9 Å². The predicted octanol–water partition coefficient (Wildman–Crippen LogP) is 3.75. The first-order valence-electron chi connectivity index (χ1n) is 8.65. The maximum Gasteiger partial charge on any atom is 0.275 e. The van der Waals surface area contributed by atoms with Gasteiger partial charge in [-0.3, -0.25) is 4.79 Å². The normalized spacial score (nSPS) is 10.8. The summed E-state index contributed by atoms with van der Waals surface area (Å²) >= 11 is 0. The highest BCUT2D eigenvalue weighted by Crippen LogP contribution is 2.21. The van der Waals surface area contributed by atoms with Gasteiger partial charge in [-0.2, -0.15) is 5.10 Å². The summed E-state index contributed by atoms with van der Waals surface area (Å²) < 4.78 is 5.83. The Morgan fingerprint density at radius 2 is 1.89 bits per heavy atom. The van der Waals surface area contributed by atoms with Crippen LogP contribution in [-0.2, 0) is 6.61 Å². The van der Waals surface area contributed by atoms with Crippen molar-refractivity contribution in [3.63, 3.8) is 0 Å². The zero-order valence-electron chi connectivity index (χ0n) is 15.3. The van der Waals surface area contributed by atoms with E-state index >= 15 is 0 Å². The quantitative estimate of drug-likeness (QED) is 0.347. The van der Waals surface area contributed by atoms with Crippen molar-refractivity contribution in [3.05, 3.63) is 89.0 Å². The van der Waals surface area contributed by atoms with E-state index in [4.69, 9.17) is 4.74 Å². The number of aryl methyl sites for hydroxylation is 1. The fourth-order valence-corrected chi connectivity index (χ4v) is 2.55. The molecular formula is C22H20N2O4. The molecule has 0 radical (unpaired) electrons. The maximum atomic E-state index is 12.0. The summed E-state index contributed by atoms with van der Waals surface area (Å²) in [4.78, 5) is 12.0. The van der Waals surface area contributed by atoms with Gasteiger partial charge < -0.3 is 14.9 Å². The van der Waals surface area contributed by atoms with Gasteiger partial charge in [-0.1, -0.05) is 36.4 Å². The van der Waals surface area contributed by atoms with Gasteiger partial charge in [-0.15, -0.1) is 0 Å². The molecular weight excluding hydrogens is 356 g/mol. The maximum absolute atomic E-state index is 12.0. The molecule has 0 aliphatic carbocycles. The molecule has 0 aromatic heterocycles. The number of hydrazone groups is 1. The van der Waals surface area contributed by atoms with Crippen molar-refractivity contribution in [2.45, 2.75) is 13.5 Å². The highest BCUT2D eigenvalue weighted by molar-refractivity contribution is 5.97. The second kappa shape index (κ2) is 8.73. The molecule has 142 valence electrons. The number of carbonyl (C=O) groups excluding carboxylic acids is 1. The van der Waals surface area contributed by atoms with Gasteiger partial charge in [0.25, 0.3) is 5.91 Å². The number of ether oxygens (including phenoxy) is 1. The smallest absolute Gasteiger partial charge is 0.275 e. The fraction of sp³-hybridized carbons (Fsp3) is 0.0909. The number of phenolic OH excluding ortho intramolecular Hbond substituents is 2. The second-order valence-electron chi connectivity index (χ2n) is 6.19. The lowest BCUT2D eigenvalue weighted by Crippen LogP contribution is -2.17. The summed E-state index contributed by atoms with van der Waals surface area (Å²) in [5.41, 5.74) is 5.27. The van der Waals surface area contributed by atoms with E-state index in [0.717, 1.165) is 16.7 Å². The summed E-state index contributed by atoms with van der Waals surface area (Å²) in [6.45, 7) is 2.50. The van der Waals surface area contributed by atoms with Crippen molar-refractivity contribution in [2.24, 2.45) is 5.10 Å². The minimum atomic E-state index is -0.628. The zero-order valence-corrected chi connectivity index (χ0v) is 15.3. The van der Waals surface area contributed by atoms with Crippen LogP contribution in [0.25, 0.3) is 0 Å². The molecule has 0 heterocycles.